The van der Waals surface area contributed by atoms with E-state index >= 15 is 0 Å². The Bertz CT molecular complexity index is 476. The Morgan fingerprint density at radius 3 is 2.52 bits per heavy atom. The number of alkyl halides is 3. The van der Waals surface area contributed by atoms with E-state index in [2.05, 4.69) is 45.9 Å². The van der Waals surface area contributed by atoms with Gasteiger partial charge in [0.25, 0.3) is 0 Å². The van der Waals surface area contributed by atoms with Crippen LogP contribution in [0.5, 0.6) is 0 Å². The Labute approximate surface area is 137 Å². The van der Waals surface area contributed by atoms with Crippen LogP contribution in [0.25, 0.3) is 0 Å². The third-order valence-corrected chi connectivity index (χ3v) is 4.93. The molecular formula is C15H20F3IN2. The second kappa shape index (κ2) is 6.83. The summed E-state index contributed by atoms with van der Waals surface area (Å²) in [5.74, 6) is 0.365. The quantitative estimate of drug-likeness (QED) is 0.537. The zero-order valence-corrected chi connectivity index (χ0v) is 14.4. The molecular weight excluding hydrogens is 392 g/mol. The first-order chi connectivity index (χ1) is 9.78. The summed E-state index contributed by atoms with van der Waals surface area (Å²) in [6.45, 7) is 4.94. The van der Waals surface area contributed by atoms with Crippen molar-refractivity contribution in [2.45, 2.75) is 32.0 Å². The maximum Gasteiger partial charge on any atom is 0.401 e. The molecule has 0 N–H and O–H groups in total. The van der Waals surface area contributed by atoms with Crippen molar-refractivity contribution < 1.29 is 13.2 Å². The van der Waals surface area contributed by atoms with Gasteiger partial charge < -0.3 is 0 Å². The predicted octanol–water partition coefficient (Wildman–Crippen LogP) is 4.38. The van der Waals surface area contributed by atoms with Crippen LogP contribution in [0.2, 0.25) is 0 Å². The number of hydrogen-bond donors (Lipinski definition) is 0. The summed E-state index contributed by atoms with van der Waals surface area (Å²) in [6, 6.07) is 8.09. The highest BCUT2D eigenvalue weighted by Crippen LogP contribution is 2.34. The van der Waals surface area contributed by atoms with Gasteiger partial charge in [0.15, 0.2) is 0 Å². The first-order valence-electron chi connectivity index (χ1n) is 7.08. The summed E-state index contributed by atoms with van der Waals surface area (Å²) in [7, 11) is 0. The van der Waals surface area contributed by atoms with Gasteiger partial charge in [-0.1, -0.05) is 38.1 Å². The first kappa shape index (κ1) is 17.0. The van der Waals surface area contributed by atoms with Crippen molar-refractivity contribution in [3.63, 3.8) is 0 Å². The van der Waals surface area contributed by atoms with Crippen LogP contribution in [0.15, 0.2) is 24.3 Å². The topological polar surface area (TPSA) is 6.48 Å². The highest BCUT2D eigenvalue weighted by Gasteiger charge is 2.35. The van der Waals surface area contributed by atoms with Crippen molar-refractivity contribution in [2.24, 2.45) is 0 Å². The lowest BCUT2D eigenvalue weighted by Crippen LogP contribution is -2.47. The van der Waals surface area contributed by atoms with Crippen LogP contribution in [-0.2, 0) is 0 Å². The van der Waals surface area contributed by atoms with E-state index in [1.54, 1.807) is 0 Å². The van der Waals surface area contributed by atoms with E-state index in [4.69, 9.17) is 0 Å². The molecule has 0 spiro atoms. The van der Waals surface area contributed by atoms with Gasteiger partial charge in [0.05, 0.1) is 12.6 Å². The summed E-state index contributed by atoms with van der Waals surface area (Å²) in [6.07, 6.45) is -4.13. The lowest BCUT2D eigenvalue weighted by molar-refractivity contribution is -0.149. The normalized spacial score (nSPS) is 22.0. The Morgan fingerprint density at radius 1 is 1.24 bits per heavy atom. The number of halogens is 4. The van der Waals surface area contributed by atoms with Gasteiger partial charge in [0.2, 0.25) is 0 Å². The number of piperazine rings is 1. The van der Waals surface area contributed by atoms with Gasteiger partial charge in [-0.25, -0.2) is 3.11 Å². The fourth-order valence-corrected chi connectivity index (χ4v) is 3.50. The minimum atomic E-state index is -4.13. The molecule has 21 heavy (non-hydrogen) atoms. The van der Waals surface area contributed by atoms with Crippen molar-refractivity contribution in [3.8, 4) is 0 Å². The molecule has 1 heterocycles. The van der Waals surface area contributed by atoms with E-state index in [1.165, 1.54) is 10.5 Å². The summed E-state index contributed by atoms with van der Waals surface area (Å²) in [5.41, 5.74) is 2.37. The molecule has 1 saturated heterocycles. The maximum atomic E-state index is 12.6. The van der Waals surface area contributed by atoms with Gasteiger partial charge in [-0.3, -0.25) is 4.90 Å². The summed E-state index contributed by atoms with van der Waals surface area (Å²) < 4.78 is 40.0. The number of nitrogens with zero attached hydrogens (tertiary/aromatic N) is 2. The highest BCUT2D eigenvalue weighted by atomic mass is 127. The summed E-state index contributed by atoms with van der Waals surface area (Å²) in [5, 5.41) is 0. The standard InChI is InChI=1S/C15H20F3IN2/c1-11(2)12-5-3-4-6-13(12)14-9-20(7-8-21(14)19)10-15(16,17)18/h3-6,11,14H,7-10H2,1-2H3. The Kier molecular flexibility index (Phi) is 5.54. The molecule has 1 aliphatic rings. The predicted molar refractivity (Wildman–Crippen MR) is 86.5 cm³/mol. The van der Waals surface area contributed by atoms with Gasteiger partial charge in [0.1, 0.15) is 0 Å². The lowest BCUT2D eigenvalue weighted by atomic mass is 9.92. The SMILES string of the molecule is CC(C)c1ccccc1C1CN(CC(F)(F)F)CCN1I. The van der Waals surface area contributed by atoms with Crippen LogP contribution in [0.1, 0.15) is 36.9 Å². The molecule has 0 radical (unpaired) electrons. The molecule has 2 nitrogen and oxygen atoms in total. The smallest absolute Gasteiger partial charge is 0.292 e. The average Bonchev–Trinajstić information content (AvgIpc) is 2.39. The first-order valence-corrected chi connectivity index (χ1v) is 8.05. The second-order valence-corrected chi connectivity index (χ2v) is 7.01. The number of rotatable bonds is 3. The van der Waals surface area contributed by atoms with E-state index in [9.17, 15) is 13.2 Å². The molecule has 0 amide bonds. The number of benzene rings is 1. The molecule has 0 aliphatic carbocycles. The van der Waals surface area contributed by atoms with Crippen LogP contribution in [0, 0.1) is 0 Å². The molecule has 1 atom stereocenters. The van der Waals surface area contributed by atoms with Crippen molar-refractivity contribution in [1.29, 1.82) is 0 Å². The highest BCUT2D eigenvalue weighted by molar-refractivity contribution is 14.1. The van der Waals surface area contributed by atoms with Crippen molar-refractivity contribution in [1.82, 2.24) is 8.01 Å². The summed E-state index contributed by atoms with van der Waals surface area (Å²) in [4.78, 5) is 1.51. The van der Waals surface area contributed by atoms with E-state index < -0.39 is 12.7 Å². The molecule has 118 valence electrons. The molecule has 1 aromatic rings. The minimum absolute atomic E-state index is 0.0142. The monoisotopic (exact) mass is 412 g/mol. The third-order valence-electron chi connectivity index (χ3n) is 3.78. The molecule has 6 heteroatoms. The van der Waals surface area contributed by atoms with Gasteiger partial charge in [-0.15, -0.1) is 0 Å². The minimum Gasteiger partial charge on any atom is -0.292 e. The molecule has 0 saturated carbocycles. The molecule has 1 aliphatic heterocycles. The molecule has 0 bridgehead atoms. The van der Waals surface area contributed by atoms with Crippen molar-refractivity contribution >= 4 is 22.9 Å². The fraction of sp³-hybridized carbons (Fsp3) is 0.600. The zero-order chi connectivity index (χ0) is 15.6. The van der Waals surface area contributed by atoms with Crippen LogP contribution in [0.3, 0.4) is 0 Å². The Hall–Kier alpha value is -0.340. The van der Waals surface area contributed by atoms with E-state index in [0.29, 0.717) is 25.6 Å². The molecule has 1 fully saturated rings. The Morgan fingerprint density at radius 2 is 1.90 bits per heavy atom. The molecule has 2 rings (SSSR count). The van der Waals surface area contributed by atoms with Gasteiger partial charge >= 0.3 is 6.18 Å². The van der Waals surface area contributed by atoms with Gasteiger partial charge in [0, 0.05) is 42.5 Å². The second-order valence-electron chi connectivity index (χ2n) is 5.77. The van der Waals surface area contributed by atoms with Crippen LogP contribution in [0.4, 0.5) is 13.2 Å². The summed E-state index contributed by atoms with van der Waals surface area (Å²) >= 11 is 2.24. The molecule has 1 aromatic carbocycles. The van der Waals surface area contributed by atoms with Crippen LogP contribution in [-0.4, -0.2) is 40.4 Å². The maximum absolute atomic E-state index is 12.6. The number of hydrogen-bond acceptors (Lipinski definition) is 2. The lowest BCUT2D eigenvalue weighted by Gasteiger charge is -2.39. The zero-order valence-electron chi connectivity index (χ0n) is 12.2. The average molecular weight is 412 g/mol. The third kappa shape index (κ3) is 4.56. The van der Waals surface area contributed by atoms with E-state index in [-0.39, 0.29) is 6.04 Å². The van der Waals surface area contributed by atoms with Crippen molar-refractivity contribution in [2.75, 3.05) is 26.2 Å². The van der Waals surface area contributed by atoms with Crippen molar-refractivity contribution in [3.05, 3.63) is 35.4 Å². The van der Waals surface area contributed by atoms with Gasteiger partial charge in [-0.2, -0.15) is 13.2 Å². The van der Waals surface area contributed by atoms with Crippen LogP contribution < -0.4 is 0 Å². The van der Waals surface area contributed by atoms with E-state index in [0.717, 1.165) is 5.56 Å². The Balaban J connectivity index is 2.21. The van der Waals surface area contributed by atoms with Gasteiger partial charge in [-0.05, 0) is 17.0 Å². The van der Waals surface area contributed by atoms with Crippen LogP contribution >= 0.6 is 22.9 Å². The molecule has 0 aromatic heterocycles. The van der Waals surface area contributed by atoms with E-state index in [1.807, 2.05) is 18.2 Å². The largest absolute Gasteiger partial charge is 0.401 e. The fourth-order valence-electron chi connectivity index (χ4n) is 2.80. The molecule has 1 unspecified atom stereocenters.